The molecule has 3 heteroatoms. The number of rotatable bonds is 6. The van der Waals surface area contributed by atoms with Crippen molar-refractivity contribution in [1.82, 2.24) is 4.90 Å². The van der Waals surface area contributed by atoms with Crippen LogP contribution in [0.3, 0.4) is 0 Å². The third-order valence-corrected chi connectivity index (χ3v) is 3.29. The second-order valence-electron chi connectivity index (χ2n) is 6.32. The molecule has 0 spiro atoms. The molecule has 0 aliphatic rings. The van der Waals surface area contributed by atoms with Gasteiger partial charge in [-0.15, -0.1) is 0 Å². The van der Waals surface area contributed by atoms with E-state index >= 15 is 0 Å². The van der Waals surface area contributed by atoms with Crippen LogP contribution in [0.4, 0.5) is 0 Å². The van der Waals surface area contributed by atoms with E-state index in [4.69, 9.17) is 0 Å². The molecule has 1 aromatic rings. The van der Waals surface area contributed by atoms with Gasteiger partial charge in [0.1, 0.15) is 0 Å². The first-order chi connectivity index (χ1) is 9.73. The molecule has 0 radical (unpaired) electrons. The fraction of sp³-hybridized carbons (Fsp3) is 0.500. The number of amides is 1. The molecular formula is C18H27NO2. The maximum atomic E-state index is 12.1. The van der Waals surface area contributed by atoms with Crippen LogP contribution in [0.15, 0.2) is 30.3 Å². The van der Waals surface area contributed by atoms with E-state index in [2.05, 4.69) is 26.0 Å². The van der Waals surface area contributed by atoms with Crippen molar-refractivity contribution < 1.29 is 9.90 Å². The summed E-state index contributed by atoms with van der Waals surface area (Å²) in [5.74, 6) is 0.430. The number of nitrogens with zero attached hydrogens (tertiary/aromatic N) is 1. The van der Waals surface area contributed by atoms with Crippen molar-refractivity contribution in [3.63, 3.8) is 0 Å². The fourth-order valence-corrected chi connectivity index (χ4v) is 2.08. The molecule has 0 unspecified atom stereocenters. The average molecular weight is 289 g/mol. The SMILES string of the molecule is CCN(CC(C)(C)O)C(=O)C=Cc1ccc(C(C)C)cc1. The quantitative estimate of drug-likeness (QED) is 0.815. The van der Waals surface area contributed by atoms with Crippen LogP contribution in [-0.4, -0.2) is 34.6 Å². The molecule has 0 fully saturated rings. The van der Waals surface area contributed by atoms with Crippen LogP contribution in [-0.2, 0) is 4.79 Å². The highest BCUT2D eigenvalue weighted by Crippen LogP contribution is 2.15. The highest BCUT2D eigenvalue weighted by molar-refractivity contribution is 5.91. The van der Waals surface area contributed by atoms with Crippen LogP contribution in [0.2, 0.25) is 0 Å². The molecule has 1 aromatic carbocycles. The lowest BCUT2D eigenvalue weighted by molar-refractivity contribution is -0.128. The number of hydrogen-bond acceptors (Lipinski definition) is 2. The number of carbonyl (C=O) groups excluding carboxylic acids is 1. The zero-order valence-corrected chi connectivity index (χ0v) is 13.8. The fourth-order valence-electron chi connectivity index (χ4n) is 2.08. The zero-order valence-electron chi connectivity index (χ0n) is 13.8. The number of likely N-dealkylation sites (N-methyl/N-ethyl adjacent to an activating group) is 1. The molecule has 0 aliphatic carbocycles. The van der Waals surface area contributed by atoms with Crippen molar-refractivity contribution in [2.45, 2.75) is 46.1 Å². The smallest absolute Gasteiger partial charge is 0.246 e. The van der Waals surface area contributed by atoms with Gasteiger partial charge in [-0.1, -0.05) is 38.1 Å². The molecule has 1 rings (SSSR count). The summed E-state index contributed by atoms with van der Waals surface area (Å²) in [5, 5.41) is 9.82. The Morgan fingerprint density at radius 1 is 1.29 bits per heavy atom. The predicted octanol–water partition coefficient (Wildman–Crippen LogP) is 3.44. The lowest BCUT2D eigenvalue weighted by Crippen LogP contribution is -2.41. The maximum absolute atomic E-state index is 12.1. The van der Waals surface area contributed by atoms with Crippen LogP contribution in [0.1, 0.15) is 51.7 Å². The molecule has 0 aromatic heterocycles. The van der Waals surface area contributed by atoms with Crippen molar-refractivity contribution in [1.29, 1.82) is 0 Å². The van der Waals surface area contributed by atoms with E-state index in [9.17, 15) is 9.90 Å². The Labute approximate surface area is 128 Å². The molecule has 116 valence electrons. The topological polar surface area (TPSA) is 40.5 Å². The Bertz CT molecular complexity index is 481. The van der Waals surface area contributed by atoms with Gasteiger partial charge in [-0.2, -0.15) is 0 Å². The molecule has 0 aliphatic heterocycles. The summed E-state index contributed by atoms with van der Waals surface area (Å²) >= 11 is 0. The minimum absolute atomic E-state index is 0.0763. The predicted molar refractivity (Wildman–Crippen MR) is 88.1 cm³/mol. The maximum Gasteiger partial charge on any atom is 0.246 e. The van der Waals surface area contributed by atoms with Crippen LogP contribution in [0.5, 0.6) is 0 Å². The van der Waals surface area contributed by atoms with Gasteiger partial charge in [-0.25, -0.2) is 0 Å². The zero-order chi connectivity index (χ0) is 16.0. The Morgan fingerprint density at radius 2 is 1.86 bits per heavy atom. The molecule has 0 bridgehead atoms. The van der Waals surface area contributed by atoms with Gasteiger partial charge >= 0.3 is 0 Å². The summed E-state index contributed by atoms with van der Waals surface area (Å²) in [6.45, 7) is 10.6. The summed E-state index contributed by atoms with van der Waals surface area (Å²) in [7, 11) is 0. The third-order valence-electron chi connectivity index (χ3n) is 3.29. The Kier molecular flexibility index (Phi) is 6.16. The van der Waals surface area contributed by atoms with E-state index < -0.39 is 5.60 Å². The van der Waals surface area contributed by atoms with Crippen LogP contribution >= 0.6 is 0 Å². The van der Waals surface area contributed by atoms with Crippen LogP contribution < -0.4 is 0 Å². The van der Waals surface area contributed by atoms with E-state index in [1.165, 1.54) is 5.56 Å². The van der Waals surface area contributed by atoms with Crippen LogP contribution in [0, 0.1) is 0 Å². The van der Waals surface area contributed by atoms with Crippen LogP contribution in [0.25, 0.3) is 6.08 Å². The van der Waals surface area contributed by atoms with Crippen molar-refractivity contribution >= 4 is 12.0 Å². The summed E-state index contributed by atoms with van der Waals surface area (Å²) in [5.41, 5.74) is 1.42. The molecule has 0 heterocycles. The minimum atomic E-state index is -0.877. The average Bonchev–Trinajstić information content (AvgIpc) is 2.41. The lowest BCUT2D eigenvalue weighted by Gasteiger charge is -2.27. The van der Waals surface area contributed by atoms with Gasteiger partial charge in [0.2, 0.25) is 5.91 Å². The summed E-state index contributed by atoms with van der Waals surface area (Å²) in [6.07, 6.45) is 3.39. The first kappa shape index (κ1) is 17.4. The largest absolute Gasteiger partial charge is 0.389 e. The number of benzene rings is 1. The minimum Gasteiger partial charge on any atom is -0.389 e. The van der Waals surface area contributed by atoms with Gasteiger partial charge < -0.3 is 10.0 Å². The first-order valence-electron chi connectivity index (χ1n) is 7.52. The second kappa shape index (κ2) is 7.41. The monoisotopic (exact) mass is 289 g/mol. The molecule has 0 saturated carbocycles. The number of hydrogen-bond donors (Lipinski definition) is 1. The first-order valence-corrected chi connectivity index (χ1v) is 7.52. The number of aliphatic hydroxyl groups is 1. The van der Waals surface area contributed by atoms with E-state index in [-0.39, 0.29) is 5.91 Å². The van der Waals surface area contributed by atoms with E-state index in [0.29, 0.717) is 19.0 Å². The van der Waals surface area contributed by atoms with E-state index in [0.717, 1.165) is 5.56 Å². The van der Waals surface area contributed by atoms with E-state index in [1.54, 1.807) is 24.8 Å². The lowest BCUT2D eigenvalue weighted by atomic mass is 10.0. The van der Waals surface area contributed by atoms with Crippen molar-refractivity contribution in [2.75, 3.05) is 13.1 Å². The summed E-state index contributed by atoms with van der Waals surface area (Å²) in [6, 6.07) is 8.21. The molecule has 0 saturated heterocycles. The Morgan fingerprint density at radius 3 is 2.29 bits per heavy atom. The van der Waals surface area contributed by atoms with Gasteiger partial charge in [0.25, 0.3) is 0 Å². The molecule has 3 nitrogen and oxygen atoms in total. The standard InChI is InChI=1S/C18H27NO2/c1-6-19(13-18(4,5)21)17(20)12-9-15-7-10-16(11-8-15)14(2)3/h7-12,14,21H,6,13H2,1-5H3. The van der Waals surface area contributed by atoms with Gasteiger partial charge in [0.15, 0.2) is 0 Å². The highest BCUT2D eigenvalue weighted by atomic mass is 16.3. The van der Waals surface area contributed by atoms with Crippen molar-refractivity contribution in [2.24, 2.45) is 0 Å². The normalized spacial score (nSPS) is 12.1. The second-order valence-corrected chi connectivity index (χ2v) is 6.32. The molecule has 21 heavy (non-hydrogen) atoms. The third kappa shape index (κ3) is 6.13. The highest BCUT2D eigenvalue weighted by Gasteiger charge is 2.19. The number of carbonyl (C=O) groups is 1. The van der Waals surface area contributed by atoms with E-state index in [1.807, 2.05) is 25.1 Å². The Hall–Kier alpha value is -1.61. The van der Waals surface area contributed by atoms with Crippen molar-refractivity contribution in [3.05, 3.63) is 41.5 Å². The molecule has 1 amide bonds. The Balaban J connectivity index is 2.72. The summed E-state index contributed by atoms with van der Waals surface area (Å²) < 4.78 is 0. The molecular weight excluding hydrogens is 262 g/mol. The van der Waals surface area contributed by atoms with Gasteiger partial charge in [-0.3, -0.25) is 4.79 Å². The molecule has 1 N–H and O–H groups in total. The van der Waals surface area contributed by atoms with Gasteiger partial charge in [0.05, 0.1) is 5.60 Å². The molecule has 0 atom stereocenters. The van der Waals surface area contributed by atoms with Gasteiger partial charge in [0, 0.05) is 19.2 Å². The van der Waals surface area contributed by atoms with Crippen molar-refractivity contribution in [3.8, 4) is 0 Å². The summed E-state index contributed by atoms with van der Waals surface area (Å²) in [4.78, 5) is 13.8. The van der Waals surface area contributed by atoms with Gasteiger partial charge in [-0.05, 0) is 43.9 Å².